The molecule has 0 aromatic heterocycles. The SMILES string of the molecule is CC(=O)CNC(=O)[C@H](C)NC(=O)C1CSCC(C(=O)OCc2ccccc2)N1. The summed E-state index contributed by atoms with van der Waals surface area (Å²) in [4.78, 5) is 47.5. The highest BCUT2D eigenvalue weighted by atomic mass is 32.2. The summed E-state index contributed by atoms with van der Waals surface area (Å²) in [7, 11) is 0. The van der Waals surface area contributed by atoms with Gasteiger partial charge in [-0.15, -0.1) is 0 Å². The van der Waals surface area contributed by atoms with Gasteiger partial charge in [-0.05, 0) is 19.4 Å². The van der Waals surface area contributed by atoms with E-state index in [0.29, 0.717) is 11.5 Å². The molecule has 28 heavy (non-hydrogen) atoms. The summed E-state index contributed by atoms with van der Waals surface area (Å²) in [5, 5.41) is 8.04. The fraction of sp³-hybridized carbons (Fsp3) is 0.474. The molecule has 0 saturated carbocycles. The minimum Gasteiger partial charge on any atom is -0.460 e. The quantitative estimate of drug-likeness (QED) is 0.520. The molecule has 152 valence electrons. The molecule has 0 aliphatic carbocycles. The van der Waals surface area contributed by atoms with Crippen molar-refractivity contribution in [2.75, 3.05) is 18.1 Å². The first-order chi connectivity index (χ1) is 13.4. The van der Waals surface area contributed by atoms with Crippen LogP contribution >= 0.6 is 11.8 Å². The Balaban J connectivity index is 1.80. The number of ketones is 1. The molecule has 9 heteroatoms. The minimum absolute atomic E-state index is 0.0775. The van der Waals surface area contributed by atoms with Crippen molar-refractivity contribution >= 4 is 35.3 Å². The lowest BCUT2D eigenvalue weighted by Crippen LogP contribution is -2.58. The first kappa shape index (κ1) is 21.9. The first-order valence-electron chi connectivity index (χ1n) is 8.98. The van der Waals surface area contributed by atoms with Crippen molar-refractivity contribution in [2.24, 2.45) is 0 Å². The van der Waals surface area contributed by atoms with Crippen molar-refractivity contribution in [1.82, 2.24) is 16.0 Å². The molecule has 0 radical (unpaired) electrons. The van der Waals surface area contributed by atoms with Crippen LogP contribution in [0.1, 0.15) is 19.4 Å². The van der Waals surface area contributed by atoms with Gasteiger partial charge in [-0.1, -0.05) is 30.3 Å². The second-order valence-electron chi connectivity index (χ2n) is 6.55. The van der Waals surface area contributed by atoms with E-state index in [1.807, 2.05) is 30.3 Å². The maximum absolute atomic E-state index is 12.4. The third kappa shape index (κ3) is 6.97. The van der Waals surface area contributed by atoms with Crippen molar-refractivity contribution in [2.45, 2.75) is 38.6 Å². The molecule has 1 fully saturated rings. The molecular formula is C19H25N3O5S. The van der Waals surface area contributed by atoms with Crippen molar-refractivity contribution in [3.05, 3.63) is 35.9 Å². The van der Waals surface area contributed by atoms with Crippen LogP contribution in [0.4, 0.5) is 0 Å². The summed E-state index contributed by atoms with van der Waals surface area (Å²) in [6.45, 7) is 3.00. The maximum Gasteiger partial charge on any atom is 0.324 e. The van der Waals surface area contributed by atoms with Gasteiger partial charge in [0.15, 0.2) is 0 Å². The zero-order chi connectivity index (χ0) is 20.5. The van der Waals surface area contributed by atoms with E-state index in [0.717, 1.165) is 5.56 Å². The number of carbonyl (C=O) groups excluding carboxylic acids is 4. The second-order valence-corrected chi connectivity index (χ2v) is 7.63. The lowest BCUT2D eigenvalue weighted by atomic mass is 10.2. The Hall–Kier alpha value is -2.39. The van der Waals surface area contributed by atoms with Crippen LogP contribution in [0, 0.1) is 0 Å². The van der Waals surface area contributed by atoms with E-state index < -0.39 is 30.0 Å². The summed E-state index contributed by atoms with van der Waals surface area (Å²) >= 11 is 1.47. The number of esters is 1. The van der Waals surface area contributed by atoms with Crippen molar-refractivity contribution < 1.29 is 23.9 Å². The Labute approximate surface area is 168 Å². The second kappa shape index (κ2) is 10.8. The Kier molecular flexibility index (Phi) is 8.46. The molecule has 1 aromatic rings. The number of nitrogens with one attached hydrogen (secondary N) is 3. The van der Waals surface area contributed by atoms with Crippen LogP contribution in [0.25, 0.3) is 0 Å². The largest absolute Gasteiger partial charge is 0.460 e. The third-order valence-electron chi connectivity index (χ3n) is 4.06. The van der Waals surface area contributed by atoms with Gasteiger partial charge < -0.3 is 15.4 Å². The summed E-state index contributed by atoms with van der Waals surface area (Å²) in [6, 6.07) is 7.35. The molecule has 1 saturated heterocycles. The molecule has 2 rings (SSSR count). The number of hydrogen-bond donors (Lipinski definition) is 3. The van der Waals surface area contributed by atoms with E-state index in [9.17, 15) is 19.2 Å². The molecule has 3 N–H and O–H groups in total. The fourth-order valence-electron chi connectivity index (χ4n) is 2.50. The van der Waals surface area contributed by atoms with Crippen LogP contribution in [-0.4, -0.2) is 59.7 Å². The van der Waals surface area contributed by atoms with Gasteiger partial charge in [0.05, 0.1) is 12.6 Å². The molecule has 1 aromatic carbocycles. The van der Waals surface area contributed by atoms with Crippen LogP contribution < -0.4 is 16.0 Å². The van der Waals surface area contributed by atoms with Gasteiger partial charge in [-0.25, -0.2) is 0 Å². The molecule has 0 bridgehead atoms. The van der Waals surface area contributed by atoms with E-state index >= 15 is 0 Å². The number of Topliss-reactive ketones (excluding diaryl/α,β-unsaturated/α-hetero) is 1. The van der Waals surface area contributed by atoms with E-state index in [-0.39, 0.29) is 24.8 Å². The minimum atomic E-state index is -0.788. The average Bonchev–Trinajstić information content (AvgIpc) is 2.70. The summed E-state index contributed by atoms with van der Waals surface area (Å²) in [5.41, 5.74) is 0.888. The molecule has 1 heterocycles. The number of amides is 2. The summed E-state index contributed by atoms with van der Waals surface area (Å²) < 4.78 is 5.33. The van der Waals surface area contributed by atoms with Crippen molar-refractivity contribution in [3.8, 4) is 0 Å². The highest BCUT2D eigenvalue weighted by Crippen LogP contribution is 2.15. The maximum atomic E-state index is 12.4. The van der Waals surface area contributed by atoms with Gasteiger partial charge in [0.2, 0.25) is 11.8 Å². The van der Waals surface area contributed by atoms with E-state index in [2.05, 4.69) is 16.0 Å². The first-order valence-corrected chi connectivity index (χ1v) is 10.1. The van der Waals surface area contributed by atoms with Crippen LogP contribution in [0.15, 0.2) is 30.3 Å². The Morgan fingerprint density at radius 1 is 1.18 bits per heavy atom. The summed E-state index contributed by atoms with van der Waals surface area (Å²) in [5.74, 6) is -0.415. The number of ether oxygens (including phenoxy) is 1. The Morgan fingerprint density at radius 2 is 1.86 bits per heavy atom. The zero-order valence-electron chi connectivity index (χ0n) is 15.9. The predicted octanol–water partition coefficient (Wildman–Crippen LogP) is 0.0133. The highest BCUT2D eigenvalue weighted by Gasteiger charge is 2.32. The molecular weight excluding hydrogens is 382 g/mol. The highest BCUT2D eigenvalue weighted by molar-refractivity contribution is 7.99. The normalized spacial score (nSPS) is 19.9. The van der Waals surface area contributed by atoms with Crippen LogP contribution in [-0.2, 0) is 30.5 Å². The number of thioether (sulfide) groups is 1. The van der Waals surface area contributed by atoms with Crippen LogP contribution in [0.3, 0.4) is 0 Å². The van der Waals surface area contributed by atoms with Gasteiger partial charge in [-0.2, -0.15) is 11.8 Å². The number of rotatable bonds is 8. The number of hydrogen-bond acceptors (Lipinski definition) is 7. The Morgan fingerprint density at radius 3 is 2.54 bits per heavy atom. The predicted molar refractivity (Wildman–Crippen MR) is 106 cm³/mol. The van der Waals surface area contributed by atoms with E-state index in [4.69, 9.17) is 4.74 Å². The smallest absolute Gasteiger partial charge is 0.324 e. The van der Waals surface area contributed by atoms with Gasteiger partial charge in [0.1, 0.15) is 24.5 Å². The number of carbonyl (C=O) groups is 4. The van der Waals surface area contributed by atoms with Crippen LogP contribution in [0.5, 0.6) is 0 Å². The molecule has 2 unspecified atom stereocenters. The zero-order valence-corrected chi connectivity index (χ0v) is 16.7. The lowest BCUT2D eigenvalue weighted by Gasteiger charge is -2.29. The van der Waals surface area contributed by atoms with Crippen LogP contribution in [0.2, 0.25) is 0 Å². The summed E-state index contributed by atoms with van der Waals surface area (Å²) in [6.07, 6.45) is 0. The fourth-order valence-corrected chi connectivity index (χ4v) is 3.59. The van der Waals surface area contributed by atoms with Gasteiger partial charge in [-0.3, -0.25) is 24.5 Å². The monoisotopic (exact) mass is 407 g/mol. The van der Waals surface area contributed by atoms with Crippen molar-refractivity contribution in [1.29, 1.82) is 0 Å². The van der Waals surface area contributed by atoms with Crippen molar-refractivity contribution in [3.63, 3.8) is 0 Å². The standard InChI is InChI=1S/C19H25N3O5S/c1-12(23)8-20-17(24)13(2)21-18(25)15-10-28-11-16(22-15)19(26)27-9-14-6-4-3-5-7-14/h3-7,13,15-16,22H,8-11H2,1-2H3,(H,20,24)(H,21,25)/t13-,15?,16?/m0/s1. The van der Waals surface area contributed by atoms with Gasteiger partial charge in [0, 0.05) is 11.5 Å². The molecule has 1 aliphatic heterocycles. The topological polar surface area (TPSA) is 114 Å². The molecule has 8 nitrogen and oxygen atoms in total. The number of benzene rings is 1. The molecule has 2 amide bonds. The van der Waals surface area contributed by atoms with E-state index in [1.54, 1.807) is 0 Å². The molecule has 0 spiro atoms. The van der Waals surface area contributed by atoms with Gasteiger partial charge in [0.25, 0.3) is 0 Å². The third-order valence-corrected chi connectivity index (χ3v) is 5.20. The Bertz CT molecular complexity index is 713. The lowest BCUT2D eigenvalue weighted by molar-refractivity contribution is -0.147. The average molecular weight is 407 g/mol. The molecule has 3 atom stereocenters. The molecule has 1 aliphatic rings. The van der Waals surface area contributed by atoms with E-state index in [1.165, 1.54) is 25.6 Å². The van der Waals surface area contributed by atoms with Gasteiger partial charge >= 0.3 is 5.97 Å².